The van der Waals surface area contributed by atoms with Crippen molar-refractivity contribution in [1.29, 1.82) is 5.26 Å². The van der Waals surface area contributed by atoms with Crippen LogP contribution in [0, 0.1) is 18.3 Å². The van der Waals surface area contributed by atoms with Crippen LogP contribution in [0.15, 0.2) is 66.7 Å². The average Bonchev–Trinajstić information content (AvgIpc) is 3.08. The highest BCUT2D eigenvalue weighted by Gasteiger charge is 2.35. The Hall–Kier alpha value is -4.48. The fourth-order valence-corrected chi connectivity index (χ4v) is 4.80. The molecule has 5 rings (SSSR count). The summed E-state index contributed by atoms with van der Waals surface area (Å²) in [6.45, 7) is 4.68. The van der Waals surface area contributed by atoms with Gasteiger partial charge in [-0.1, -0.05) is 29.8 Å². The molecule has 2 aliphatic rings. The van der Waals surface area contributed by atoms with E-state index in [9.17, 15) is 14.4 Å². The highest BCUT2D eigenvalue weighted by molar-refractivity contribution is 6.12. The van der Waals surface area contributed by atoms with E-state index in [-0.39, 0.29) is 24.1 Å². The molecule has 0 aliphatic carbocycles. The minimum atomic E-state index is -0.556. The zero-order valence-electron chi connectivity index (χ0n) is 20.5. The Morgan fingerprint density at radius 3 is 2.27 bits per heavy atom. The molecule has 1 fully saturated rings. The number of carbonyl (C=O) groups excluding carboxylic acids is 3. The van der Waals surface area contributed by atoms with Crippen molar-refractivity contribution in [1.82, 2.24) is 10.2 Å². The van der Waals surface area contributed by atoms with Crippen molar-refractivity contribution in [2.75, 3.05) is 36.4 Å². The Bertz CT molecular complexity index is 1390. The Balaban J connectivity index is 1.59. The maximum Gasteiger partial charge on any atom is 0.258 e. The molecule has 1 saturated heterocycles. The largest absolute Gasteiger partial charge is 0.336 e. The number of aryl methyl sites for hydroxylation is 1. The van der Waals surface area contributed by atoms with E-state index in [0.717, 1.165) is 24.2 Å². The Kier molecular flexibility index (Phi) is 6.71. The molecule has 0 aromatic heterocycles. The van der Waals surface area contributed by atoms with Gasteiger partial charge in [-0.05, 0) is 55.0 Å². The summed E-state index contributed by atoms with van der Waals surface area (Å²) in [7, 11) is 0. The van der Waals surface area contributed by atoms with E-state index in [4.69, 9.17) is 5.26 Å². The van der Waals surface area contributed by atoms with Crippen molar-refractivity contribution in [3.05, 3.63) is 94.5 Å². The van der Waals surface area contributed by atoms with Crippen LogP contribution >= 0.6 is 0 Å². The lowest BCUT2D eigenvalue weighted by atomic mass is 9.98. The van der Waals surface area contributed by atoms with Gasteiger partial charge >= 0.3 is 0 Å². The number of anilines is 2. The van der Waals surface area contributed by atoms with Gasteiger partial charge in [0.2, 0.25) is 5.91 Å². The fraction of sp³-hybridized carbons (Fsp3) is 0.241. The van der Waals surface area contributed by atoms with Gasteiger partial charge in [-0.25, -0.2) is 0 Å². The Morgan fingerprint density at radius 1 is 0.919 bits per heavy atom. The molecule has 186 valence electrons. The van der Waals surface area contributed by atoms with Crippen LogP contribution in [-0.2, 0) is 4.79 Å². The zero-order valence-corrected chi connectivity index (χ0v) is 20.5. The third-order valence-electron chi connectivity index (χ3n) is 6.81. The van der Waals surface area contributed by atoms with E-state index in [1.54, 1.807) is 52.3 Å². The van der Waals surface area contributed by atoms with E-state index >= 15 is 0 Å². The quantitative estimate of drug-likeness (QED) is 0.580. The van der Waals surface area contributed by atoms with Crippen LogP contribution in [0.5, 0.6) is 0 Å². The predicted molar refractivity (Wildman–Crippen MR) is 140 cm³/mol. The van der Waals surface area contributed by atoms with Gasteiger partial charge in [0.05, 0.1) is 35.5 Å². The van der Waals surface area contributed by atoms with E-state index < -0.39 is 6.04 Å². The first-order valence-electron chi connectivity index (χ1n) is 12.3. The van der Waals surface area contributed by atoms with Crippen LogP contribution in [0.2, 0.25) is 0 Å². The lowest BCUT2D eigenvalue weighted by Gasteiger charge is -2.31. The molecule has 0 saturated carbocycles. The minimum absolute atomic E-state index is 0.0564. The van der Waals surface area contributed by atoms with E-state index in [2.05, 4.69) is 16.7 Å². The molecule has 2 aliphatic heterocycles. The SMILES string of the molecule is Cc1ccc(C2CC(=O)Nc3cc(C(=O)N4CCNCC4)ccc3N2C(=O)c2ccc(C#N)cc2)cc1. The van der Waals surface area contributed by atoms with Crippen LogP contribution in [0.1, 0.15) is 49.9 Å². The summed E-state index contributed by atoms with van der Waals surface area (Å²) in [4.78, 5) is 43.6. The highest BCUT2D eigenvalue weighted by atomic mass is 16.2. The van der Waals surface area contributed by atoms with Crippen molar-refractivity contribution in [2.45, 2.75) is 19.4 Å². The van der Waals surface area contributed by atoms with E-state index in [1.807, 2.05) is 31.2 Å². The number of nitriles is 1. The number of nitrogens with one attached hydrogen (secondary N) is 2. The molecule has 1 unspecified atom stereocenters. The summed E-state index contributed by atoms with van der Waals surface area (Å²) >= 11 is 0. The number of amides is 3. The van der Waals surface area contributed by atoms with E-state index in [0.29, 0.717) is 41.2 Å². The first-order valence-corrected chi connectivity index (χ1v) is 12.3. The third kappa shape index (κ3) is 4.95. The summed E-state index contributed by atoms with van der Waals surface area (Å²) in [6.07, 6.45) is 0.0564. The molecular weight excluding hydrogens is 466 g/mol. The first kappa shape index (κ1) is 24.2. The Labute approximate surface area is 215 Å². The zero-order chi connectivity index (χ0) is 25.9. The monoisotopic (exact) mass is 493 g/mol. The van der Waals surface area contributed by atoms with Crippen LogP contribution in [-0.4, -0.2) is 48.8 Å². The molecule has 1 atom stereocenters. The number of rotatable bonds is 3. The fourth-order valence-electron chi connectivity index (χ4n) is 4.80. The third-order valence-corrected chi connectivity index (χ3v) is 6.81. The first-order chi connectivity index (χ1) is 17.9. The van der Waals surface area contributed by atoms with Gasteiger partial charge < -0.3 is 15.5 Å². The summed E-state index contributed by atoms with van der Waals surface area (Å²) in [5.74, 6) is -0.648. The number of fused-ring (bicyclic) bond motifs is 1. The predicted octanol–water partition coefficient (Wildman–Crippen LogP) is 3.64. The summed E-state index contributed by atoms with van der Waals surface area (Å²) in [5.41, 5.74) is 4.15. The van der Waals surface area contributed by atoms with Gasteiger partial charge in [-0.2, -0.15) is 5.26 Å². The molecule has 3 aromatic carbocycles. The maximum atomic E-state index is 14.0. The molecule has 8 nitrogen and oxygen atoms in total. The van der Waals surface area contributed by atoms with Crippen LogP contribution in [0.25, 0.3) is 0 Å². The van der Waals surface area contributed by atoms with Gasteiger partial charge in [0.25, 0.3) is 11.8 Å². The van der Waals surface area contributed by atoms with Gasteiger partial charge in [-0.15, -0.1) is 0 Å². The molecule has 0 bridgehead atoms. The number of piperazine rings is 1. The van der Waals surface area contributed by atoms with Crippen molar-refractivity contribution >= 4 is 29.1 Å². The van der Waals surface area contributed by atoms with E-state index in [1.165, 1.54) is 0 Å². The average molecular weight is 494 g/mol. The highest BCUT2D eigenvalue weighted by Crippen LogP contribution is 2.40. The minimum Gasteiger partial charge on any atom is -0.336 e. The van der Waals surface area contributed by atoms with Crippen LogP contribution in [0.3, 0.4) is 0 Å². The standard InChI is InChI=1S/C29H27N5O3/c1-19-2-6-21(7-3-19)26-17-27(35)32-24-16-23(28(36)33-14-12-31-13-15-33)10-11-25(24)34(26)29(37)22-8-4-20(18-30)5-9-22/h2-11,16,26,31H,12-15,17H2,1H3,(H,32,35). The molecule has 2 heterocycles. The second kappa shape index (κ2) is 10.2. The molecule has 3 amide bonds. The van der Waals surface area contributed by atoms with Crippen molar-refractivity contribution in [2.24, 2.45) is 0 Å². The molecule has 3 aromatic rings. The molecule has 37 heavy (non-hydrogen) atoms. The number of hydrogen-bond donors (Lipinski definition) is 2. The normalized spacial score (nSPS) is 17.3. The van der Waals surface area contributed by atoms with Gasteiger partial charge in [0, 0.05) is 37.3 Å². The molecular formula is C29H27N5O3. The number of carbonyl (C=O) groups is 3. The molecule has 8 heteroatoms. The summed E-state index contributed by atoms with van der Waals surface area (Å²) < 4.78 is 0. The van der Waals surface area contributed by atoms with Crippen molar-refractivity contribution in [3.63, 3.8) is 0 Å². The number of hydrogen-bond acceptors (Lipinski definition) is 5. The summed E-state index contributed by atoms with van der Waals surface area (Å²) in [5, 5.41) is 15.3. The lowest BCUT2D eigenvalue weighted by molar-refractivity contribution is -0.116. The topological polar surface area (TPSA) is 106 Å². The van der Waals surface area contributed by atoms with Crippen LogP contribution < -0.4 is 15.5 Å². The second-order valence-electron chi connectivity index (χ2n) is 9.32. The summed E-state index contributed by atoms with van der Waals surface area (Å²) in [6, 6.07) is 20.8. The molecule has 0 radical (unpaired) electrons. The van der Waals surface area contributed by atoms with Crippen LogP contribution in [0.4, 0.5) is 11.4 Å². The van der Waals surface area contributed by atoms with Crippen molar-refractivity contribution < 1.29 is 14.4 Å². The van der Waals surface area contributed by atoms with Gasteiger partial charge in [0.15, 0.2) is 0 Å². The maximum absolute atomic E-state index is 14.0. The smallest absolute Gasteiger partial charge is 0.258 e. The number of nitrogens with zero attached hydrogens (tertiary/aromatic N) is 3. The van der Waals surface area contributed by atoms with Gasteiger partial charge in [0.1, 0.15) is 0 Å². The Morgan fingerprint density at radius 2 is 1.59 bits per heavy atom. The molecule has 0 spiro atoms. The van der Waals surface area contributed by atoms with Gasteiger partial charge in [-0.3, -0.25) is 19.3 Å². The number of benzene rings is 3. The molecule has 2 N–H and O–H groups in total. The van der Waals surface area contributed by atoms with Crippen molar-refractivity contribution in [3.8, 4) is 6.07 Å². The lowest BCUT2D eigenvalue weighted by Crippen LogP contribution is -2.46. The second-order valence-corrected chi connectivity index (χ2v) is 9.32.